The second-order valence-electron chi connectivity index (χ2n) is 3.66. The first-order valence-corrected chi connectivity index (χ1v) is 5.85. The first-order chi connectivity index (χ1) is 7.77. The van der Waals surface area contributed by atoms with E-state index in [0.29, 0.717) is 6.54 Å². The molecule has 0 fully saturated rings. The van der Waals surface area contributed by atoms with Crippen LogP contribution in [-0.4, -0.2) is 25.5 Å². The van der Waals surface area contributed by atoms with Crippen molar-refractivity contribution in [1.82, 2.24) is 10.6 Å². The summed E-state index contributed by atoms with van der Waals surface area (Å²) >= 11 is 0. The molecule has 0 heterocycles. The van der Waals surface area contributed by atoms with Gasteiger partial charge < -0.3 is 10.6 Å². The quantitative estimate of drug-likeness (QED) is 0.715. The van der Waals surface area contributed by atoms with E-state index >= 15 is 0 Å². The van der Waals surface area contributed by atoms with Gasteiger partial charge in [-0.05, 0) is 30.7 Å². The number of carbonyl (C=O) groups excluding carboxylic acids is 1. The summed E-state index contributed by atoms with van der Waals surface area (Å²) < 4.78 is 0. The number of aryl methyl sites for hydroxylation is 1. The van der Waals surface area contributed by atoms with Gasteiger partial charge in [-0.1, -0.05) is 26.0 Å². The number of likely N-dealkylation sites (N-methyl/N-ethyl adjacent to an activating group) is 1. The normalized spacial score (nSPS) is 10.1. The first kappa shape index (κ1) is 12.7. The van der Waals surface area contributed by atoms with Crippen molar-refractivity contribution in [2.75, 3.05) is 19.6 Å². The SMILES string of the molecule is CCNCCNC(=O)c1ccc(CC)cc1. The average Bonchev–Trinajstić information content (AvgIpc) is 2.34. The molecular formula is C13H20N2O. The van der Waals surface area contributed by atoms with E-state index in [0.717, 1.165) is 25.1 Å². The van der Waals surface area contributed by atoms with Crippen LogP contribution in [0.3, 0.4) is 0 Å². The minimum atomic E-state index is 0.000515. The summed E-state index contributed by atoms with van der Waals surface area (Å²) in [4.78, 5) is 11.7. The molecule has 3 nitrogen and oxygen atoms in total. The molecule has 0 atom stereocenters. The molecule has 1 rings (SSSR count). The molecule has 0 aromatic heterocycles. The van der Waals surface area contributed by atoms with Crippen LogP contribution < -0.4 is 10.6 Å². The number of amides is 1. The zero-order valence-electron chi connectivity index (χ0n) is 10.0. The van der Waals surface area contributed by atoms with Crippen LogP contribution in [-0.2, 0) is 6.42 Å². The molecule has 0 aliphatic carbocycles. The molecule has 0 aliphatic rings. The average molecular weight is 220 g/mol. The molecule has 3 heteroatoms. The van der Waals surface area contributed by atoms with E-state index in [9.17, 15) is 4.79 Å². The number of nitrogens with one attached hydrogen (secondary N) is 2. The minimum Gasteiger partial charge on any atom is -0.351 e. The maximum Gasteiger partial charge on any atom is 0.251 e. The van der Waals surface area contributed by atoms with Crippen molar-refractivity contribution in [2.45, 2.75) is 20.3 Å². The second-order valence-corrected chi connectivity index (χ2v) is 3.66. The Morgan fingerprint density at radius 3 is 2.38 bits per heavy atom. The van der Waals surface area contributed by atoms with Gasteiger partial charge in [-0.2, -0.15) is 0 Å². The van der Waals surface area contributed by atoms with Crippen LogP contribution in [0.15, 0.2) is 24.3 Å². The molecule has 16 heavy (non-hydrogen) atoms. The third-order valence-corrected chi connectivity index (χ3v) is 2.46. The Morgan fingerprint density at radius 2 is 1.81 bits per heavy atom. The lowest BCUT2D eigenvalue weighted by atomic mass is 10.1. The Balaban J connectivity index is 2.40. The Morgan fingerprint density at radius 1 is 1.12 bits per heavy atom. The fraction of sp³-hybridized carbons (Fsp3) is 0.462. The molecule has 0 saturated carbocycles. The van der Waals surface area contributed by atoms with E-state index in [1.165, 1.54) is 5.56 Å². The number of benzene rings is 1. The van der Waals surface area contributed by atoms with Gasteiger partial charge in [0.25, 0.3) is 5.91 Å². The highest BCUT2D eigenvalue weighted by Crippen LogP contribution is 2.04. The van der Waals surface area contributed by atoms with Crippen LogP contribution in [0.2, 0.25) is 0 Å². The monoisotopic (exact) mass is 220 g/mol. The number of rotatable bonds is 6. The van der Waals surface area contributed by atoms with E-state index in [2.05, 4.69) is 17.6 Å². The molecule has 2 N–H and O–H groups in total. The largest absolute Gasteiger partial charge is 0.351 e. The van der Waals surface area contributed by atoms with Crippen molar-refractivity contribution in [2.24, 2.45) is 0 Å². The van der Waals surface area contributed by atoms with E-state index in [4.69, 9.17) is 0 Å². The summed E-state index contributed by atoms with van der Waals surface area (Å²) in [5, 5.41) is 6.03. The lowest BCUT2D eigenvalue weighted by molar-refractivity contribution is 0.0954. The van der Waals surface area contributed by atoms with Gasteiger partial charge in [0.15, 0.2) is 0 Å². The third kappa shape index (κ3) is 4.03. The highest BCUT2D eigenvalue weighted by Gasteiger charge is 2.03. The summed E-state index contributed by atoms with van der Waals surface area (Å²) in [6, 6.07) is 7.75. The third-order valence-electron chi connectivity index (χ3n) is 2.46. The molecule has 0 radical (unpaired) electrons. The van der Waals surface area contributed by atoms with Crippen molar-refractivity contribution in [1.29, 1.82) is 0 Å². The standard InChI is InChI=1S/C13H20N2O/c1-3-11-5-7-12(8-6-11)13(16)15-10-9-14-4-2/h5-8,14H,3-4,9-10H2,1-2H3,(H,15,16). The van der Waals surface area contributed by atoms with Crippen LogP contribution in [0.25, 0.3) is 0 Å². The minimum absolute atomic E-state index is 0.000515. The highest BCUT2D eigenvalue weighted by atomic mass is 16.1. The summed E-state index contributed by atoms with van der Waals surface area (Å²) in [6.07, 6.45) is 1.00. The number of hydrogen-bond donors (Lipinski definition) is 2. The summed E-state index contributed by atoms with van der Waals surface area (Å²) in [5.74, 6) is 0.000515. The molecule has 0 unspecified atom stereocenters. The van der Waals surface area contributed by atoms with Gasteiger partial charge in [0.1, 0.15) is 0 Å². The first-order valence-electron chi connectivity index (χ1n) is 5.85. The van der Waals surface area contributed by atoms with Gasteiger partial charge in [0.05, 0.1) is 0 Å². The van der Waals surface area contributed by atoms with Crippen LogP contribution >= 0.6 is 0 Å². The van der Waals surface area contributed by atoms with Crippen LogP contribution in [0.4, 0.5) is 0 Å². The van der Waals surface area contributed by atoms with Gasteiger partial charge in [-0.15, -0.1) is 0 Å². The highest BCUT2D eigenvalue weighted by molar-refractivity contribution is 5.94. The molecule has 88 valence electrons. The fourth-order valence-corrected chi connectivity index (χ4v) is 1.44. The van der Waals surface area contributed by atoms with Crippen molar-refractivity contribution < 1.29 is 4.79 Å². The Kier molecular flexibility index (Phi) is 5.57. The zero-order chi connectivity index (χ0) is 11.8. The molecular weight excluding hydrogens is 200 g/mol. The molecule has 1 aromatic carbocycles. The Hall–Kier alpha value is -1.35. The Labute approximate surface area is 97.2 Å². The maximum atomic E-state index is 11.7. The van der Waals surface area contributed by atoms with Crippen molar-refractivity contribution in [3.63, 3.8) is 0 Å². The molecule has 0 saturated heterocycles. The van der Waals surface area contributed by atoms with E-state index < -0.39 is 0 Å². The predicted molar refractivity (Wildman–Crippen MR) is 66.7 cm³/mol. The maximum absolute atomic E-state index is 11.7. The molecule has 0 spiro atoms. The molecule has 0 aliphatic heterocycles. The van der Waals surface area contributed by atoms with E-state index in [1.54, 1.807) is 0 Å². The zero-order valence-corrected chi connectivity index (χ0v) is 10.0. The number of hydrogen-bond acceptors (Lipinski definition) is 2. The molecule has 1 amide bonds. The Bertz CT molecular complexity index is 319. The van der Waals surface area contributed by atoms with Crippen molar-refractivity contribution in [3.8, 4) is 0 Å². The van der Waals surface area contributed by atoms with Gasteiger partial charge >= 0.3 is 0 Å². The molecule has 0 bridgehead atoms. The summed E-state index contributed by atoms with van der Waals surface area (Å²) in [6.45, 7) is 6.56. The summed E-state index contributed by atoms with van der Waals surface area (Å²) in [7, 11) is 0. The second kappa shape index (κ2) is 7.01. The summed E-state index contributed by atoms with van der Waals surface area (Å²) in [5.41, 5.74) is 1.98. The fourth-order valence-electron chi connectivity index (χ4n) is 1.44. The smallest absolute Gasteiger partial charge is 0.251 e. The van der Waals surface area contributed by atoms with Gasteiger partial charge in [-0.3, -0.25) is 4.79 Å². The van der Waals surface area contributed by atoms with Crippen molar-refractivity contribution in [3.05, 3.63) is 35.4 Å². The number of carbonyl (C=O) groups is 1. The molecule has 1 aromatic rings. The van der Waals surface area contributed by atoms with Gasteiger partial charge in [0.2, 0.25) is 0 Å². The van der Waals surface area contributed by atoms with Gasteiger partial charge in [-0.25, -0.2) is 0 Å². The van der Waals surface area contributed by atoms with E-state index in [-0.39, 0.29) is 5.91 Å². The van der Waals surface area contributed by atoms with Crippen molar-refractivity contribution >= 4 is 5.91 Å². The van der Waals surface area contributed by atoms with Crippen LogP contribution in [0, 0.1) is 0 Å². The predicted octanol–water partition coefficient (Wildman–Crippen LogP) is 1.59. The topological polar surface area (TPSA) is 41.1 Å². The lowest BCUT2D eigenvalue weighted by Crippen LogP contribution is -2.31. The van der Waals surface area contributed by atoms with Crippen LogP contribution in [0.5, 0.6) is 0 Å². The van der Waals surface area contributed by atoms with Gasteiger partial charge in [0, 0.05) is 18.7 Å². The lowest BCUT2D eigenvalue weighted by Gasteiger charge is -2.06. The van der Waals surface area contributed by atoms with Crippen LogP contribution in [0.1, 0.15) is 29.8 Å². The van der Waals surface area contributed by atoms with E-state index in [1.807, 2.05) is 31.2 Å².